The molecule has 0 aliphatic heterocycles. The standard InChI is InChI=1S/C25H18ClN3O/c26-21-12-7-13-22(18-21)29-23(16-14-19-8-3-1-4-9-19)25(27-28-29)24(30)17-15-20-10-5-2-6-11-20/h1-18H/b16-14+,17-15+. The van der Waals surface area contributed by atoms with E-state index in [1.54, 1.807) is 22.9 Å². The lowest BCUT2D eigenvalue weighted by molar-refractivity contribution is 0.104. The largest absolute Gasteiger partial charge is 0.287 e. The Morgan fingerprint density at radius 1 is 0.800 bits per heavy atom. The van der Waals surface area contributed by atoms with Crippen LogP contribution in [0.2, 0.25) is 5.02 Å². The van der Waals surface area contributed by atoms with E-state index in [1.807, 2.05) is 84.9 Å². The van der Waals surface area contributed by atoms with Gasteiger partial charge >= 0.3 is 0 Å². The highest BCUT2D eigenvalue weighted by atomic mass is 35.5. The van der Waals surface area contributed by atoms with E-state index >= 15 is 0 Å². The van der Waals surface area contributed by atoms with Gasteiger partial charge in [-0.05, 0) is 41.5 Å². The lowest BCUT2D eigenvalue weighted by Gasteiger charge is -2.04. The van der Waals surface area contributed by atoms with Crippen LogP contribution in [0.1, 0.15) is 27.3 Å². The second-order valence-electron chi connectivity index (χ2n) is 6.57. The number of nitrogens with zero attached hydrogens (tertiary/aromatic N) is 3. The molecule has 0 fully saturated rings. The van der Waals surface area contributed by atoms with Gasteiger partial charge in [-0.15, -0.1) is 5.10 Å². The summed E-state index contributed by atoms with van der Waals surface area (Å²) in [6, 6.07) is 26.8. The molecule has 0 aliphatic rings. The van der Waals surface area contributed by atoms with Crippen molar-refractivity contribution in [2.45, 2.75) is 0 Å². The fraction of sp³-hybridized carbons (Fsp3) is 0. The number of hydrogen-bond donors (Lipinski definition) is 0. The van der Waals surface area contributed by atoms with Gasteiger partial charge in [0, 0.05) is 5.02 Å². The molecule has 30 heavy (non-hydrogen) atoms. The molecule has 0 unspecified atom stereocenters. The topological polar surface area (TPSA) is 47.8 Å². The van der Waals surface area contributed by atoms with Crippen molar-refractivity contribution >= 4 is 35.6 Å². The van der Waals surface area contributed by atoms with Crippen LogP contribution in [0, 0.1) is 0 Å². The second-order valence-corrected chi connectivity index (χ2v) is 7.00. The number of carbonyl (C=O) groups is 1. The number of carbonyl (C=O) groups excluding carboxylic acids is 1. The van der Waals surface area contributed by atoms with E-state index in [0.29, 0.717) is 10.7 Å². The number of aromatic nitrogens is 3. The number of hydrogen-bond acceptors (Lipinski definition) is 3. The average Bonchev–Trinajstić information content (AvgIpc) is 3.21. The Kier molecular flexibility index (Phi) is 5.97. The zero-order valence-electron chi connectivity index (χ0n) is 16.0. The van der Waals surface area contributed by atoms with Crippen molar-refractivity contribution < 1.29 is 4.79 Å². The van der Waals surface area contributed by atoms with E-state index in [1.165, 1.54) is 6.08 Å². The van der Waals surface area contributed by atoms with Crippen molar-refractivity contribution in [3.8, 4) is 5.69 Å². The molecule has 0 aliphatic carbocycles. The molecule has 0 bridgehead atoms. The first kappa shape index (κ1) is 19.6. The van der Waals surface area contributed by atoms with Crippen LogP contribution in [0.5, 0.6) is 0 Å². The predicted octanol–water partition coefficient (Wildman–Crippen LogP) is 5.99. The summed E-state index contributed by atoms with van der Waals surface area (Å²) < 4.78 is 1.62. The number of halogens is 1. The van der Waals surface area contributed by atoms with Gasteiger partial charge < -0.3 is 0 Å². The van der Waals surface area contributed by atoms with Gasteiger partial charge in [-0.3, -0.25) is 4.79 Å². The fourth-order valence-electron chi connectivity index (χ4n) is 2.97. The first-order valence-corrected chi connectivity index (χ1v) is 9.81. The van der Waals surface area contributed by atoms with Gasteiger partial charge in [-0.2, -0.15) is 0 Å². The molecule has 0 spiro atoms. The summed E-state index contributed by atoms with van der Waals surface area (Å²) in [7, 11) is 0. The van der Waals surface area contributed by atoms with Gasteiger partial charge in [0.05, 0.1) is 11.4 Å². The molecule has 0 amide bonds. The number of benzene rings is 3. The van der Waals surface area contributed by atoms with E-state index in [2.05, 4.69) is 10.3 Å². The Balaban J connectivity index is 1.73. The smallest absolute Gasteiger partial charge is 0.208 e. The molecule has 0 saturated carbocycles. The molecular formula is C25H18ClN3O. The van der Waals surface area contributed by atoms with Crippen LogP contribution >= 0.6 is 11.6 Å². The third-order valence-electron chi connectivity index (χ3n) is 4.45. The highest BCUT2D eigenvalue weighted by Gasteiger charge is 2.17. The van der Waals surface area contributed by atoms with Crippen molar-refractivity contribution in [3.05, 3.63) is 119 Å². The van der Waals surface area contributed by atoms with Crippen LogP contribution < -0.4 is 0 Å². The Labute approximate surface area is 179 Å². The van der Waals surface area contributed by atoms with Gasteiger partial charge in [0.1, 0.15) is 0 Å². The summed E-state index contributed by atoms with van der Waals surface area (Å²) in [5, 5.41) is 8.96. The maximum Gasteiger partial charge on any atom is 0.208 e. The van der Waals surface area contributed by atoms with E-state index in [9.17, 15) is 4.79 Å². The second kappa shape index (κ2) is 9.16. The van der Waals surface area contributed by atoms with Gasteiger partial charge in [0.15, 0.2) is 5.69 Å². The van der Waals surface area contributed by atoms with Crippen molar-refractivity contribution in [2.24, 2.45) is 0 Å². The highest BCUT2D eigenvalue weighted by Crippen LogP contribution is 2.20. The predicted molar refractivity (Wildman–Crippen MR) is 122 cm³/mol. The van der Waals surface area contributed by atoms with Crippen LogP contribution in [0.25, 0.3) is 23.9 Å². The normalized spacial score (nSPS) is 11.4. The summed E-state index contributed by atoms with van der Waals surface area (Å²) in [6.45, 7) is 0. The molecule has 1 heterocycles. The Morgan fingerprint density at radius 3 is 2.13 bits per heavy atom. The first-order chi connectivity index (χ1) is 14.7. The van der Waals surface area contributed by atoms with E-state index in [-0.39, 0.29) is 11.5 Å². The van der Waals surface area contributed by atoms with Crippen molar-refractivity contribution in [2.75, 3.05) is 0 Å². The van der Waals surface area contributed by atoms with Crippen LogP contribution in [0.15, 0.2) is 91.0 Å². The molecule has 146 valence electrons. The minimum atomic E-state index is -0.222. The molecular weight excluding hydrogens is 394 g/mol. The van der Waals surface area contributed by atoms with E-state index in [4.69, 9.17) is 11.6 Å². The number of ketones is 1. The van der Waals surface area contributed by atoms with Gasteiger partial charge in [-0.25, -0.2) is 4.68 Å². The van der Waals surface area contributed by atoms with Crippen LogP contribution in [-0.4, -0.2) is 20.8 Å². The van der Waals surface area contributed by atoms with Gasteiger partial charge in [0.25, 0.3) is 0 Å². The minimum Gasteiger partial charge on any atom is -0.287 e. The minimum absolute atomic E-state index is 0.222. The van der Waals surface area contributed by atoms with Crippen molar-refractivity contribution in [1.29, 1.82) is 0 Å². The summed E-state index contributed by atoms with van der Waals surface area (Å²) in [5.74, 6) is -0.222. The zero-order chi connectivity index (χ0) is 20.8. The summed E-state index contributed by atoms with van der Waals surface area (Å²) in [5.41, 5.74) is 3.54. The molecule has 1 aromatic heterocycles. The Morgan fingerprint density at radius 2 is 1.47 bits per heavy atom. The molecule has 4 nitrogen and oxygen atoms in total. The highest BCUT2D eigenvalue weighted by molar-refractivity contribution is 6.30. The first-order valence-electron chi connectivity index (χ1n) is 9.43. The Hall–Kier alpha value is -3.76. The lowest BCUT2D eigenvalue weighted by atomic mass is 10.1. The summed E-state index contributed by atoms with van der Waals surface area (Å²) in [6.07, 6.45) is 7.06. The third-order valence-corrected chi connectivity index (χ3v) is 4.69. The van der Waals surface area contributed by atoms with Crippen LogP contribution in [-0.2, 0) is 0 Å². The fourth-order valence-corrected chi connectivity index (χ4v) is 3.15. The Bertz CT molecular complexity index is 1210. The molecule has 5 heteroatoms. The molecule has 3 aromatic carbocycles. The monoisotopic (exact) mass is 411 g/mol. The zero-order valence-corrected chi connectivity index (χ0v) is 16.8. The quantitative estimate of drug-likeness (QED) is 0.289. The lowest BCUT2D eigenvalue weighted by Crippen LogP contribution is -2.02. The summed E-state index contributed by atoms with van der Waals surface area (Å²) in [4.78, 5) is 12.9. The SMILES string of the molecule is O=C(/C=C/c1ccccc1)c1nnn(-c2cccc(Cl)c2)c1/C=C/c1ccccc1. The average molecular weight is 412 g/mol. The van der Waals surface area contributed by atoms with Crippen LogP contribution in [0.4, 0.5) is 0 Å². The third kappa shape index (κ3) is 4.62. The number of allylic oxidation sites excluding steroid dienone is 1. The molecule has 4 aromatic rings. The number of rotatable bonds is 6. The van der Waals surface area contributed by atoms with Crippen molar-refractivity contribution in [1.82, 2.24) is 15.0 Å². The molecule has 0 N–H and O–H groups in total. The molecule has 4 rings (SSSR count). The van der Waals surface area contributed by atoms with Crippen LogP contribution in [0.3, 0.4) is 0 Å². The maximum absolute atomic E-state index is 12.9. The van der Waals surface area contributed by atoms with Gasteiger partial charge in [-0.1, -0.05) is 95.7 Å². The summed E-state index contributed by atoms with van der Waals surface area (Å²) >= 11 is 6.15. The van der Waals surface area contributed by atoms with E-state index < -0.39 is 0 Å². The molecule has 0 radical (unpaired) electrons. The van der Waals surface area contributed by atoms with Gasteiger partial charge in [0.2, 0.25) is 5.78 Å². The maximum atomic E-state index is 12.9. The van der Waals surface area contributed by atoms with Crippen molar-refractivity contribution in [3.63, 3.8) is 0 Å². The van der Waals surface area contributed by atoms with E-state index in [0.717, 1.165) is 16.8 Å². The molecule has 0 saturated heterocycles. The molecule has 0 atom stereocenters.